The van der Waals surface area contributed by atoms with Crippen molar-refractivity contribution in [2.45, 2.75) is 75.2 Å². The van der Waals surface area contributed by atoms with Gasteiger partial charge in [-0.3, -0.25) is 9.88 Å². The van der Waals surface area contributed by atoms with Crippen molar-refractivity contribution in [2.75, 3.05) is 31.1 Å². The summed E-state index contributed by atoms with van der Waals surface area (Å²) in [6, 6.07) is 3.63. The Hall–Kier alpha value is -3.06. The normalized spacial score (nSPS) is 31.8. The van der Waals surface area contributed by atoms with E-state index in [1.807, 2.05) is 0 Å². The van der Waals surface area contributed by atoms with E-state index in [1.165, 1.54) is 6.07 Å². The fraction of sp³-hybridized carbons (Fsp3) is 0.531. The number of piperidine rings is 2. The molecule has 5 saturated heterocycles. The van der Waals surface area contributed by atoms with Gasteiger partial charge in [0.05, 0.1) is 10.9 Å². The molecule has 7 heterocycles. The second-order valence-electron chi connectivity index (χ2n) is 12.9. The lowest BCUT2D eigenvalue weighted by Crippen LogP contribution is -2.61. The maximum Gasteiger partial charge on any atom is 0.207 e. The summed E-state index contributed by atoms with van der Waals surface area (Å²) in [4.78, 5) is 18.6. The van der Waals surface area contributed by atoms with Gasteiger partial charge in [-0.2, -0.15) is 0 Å². The summed E-state index contributed by atoms with van der Waals surface area (Å²) in [6.45, 7) is 4.97. The van der Waals surface area contributed by atoms with Gasteiger partial charge in [-0.15, -0.1) is 0 Å². The van der Waals surface area contributed by atoms with Crippen LogP contribution in [0.4, 0.5) is 14.6 Å². The summed E-state index contributed by atoms with van der Waals surface area (Å²) in [5.74, 6) is 7.36. The zero-order valence-electron chi connectivity index (χ0n) is 23.5. The number of benzene rings is 1. The minimum absolute atomic E-state index is 0.0387. The van der Waals surface area contributed by atoms with Crippen molar-refractivity contribution in [3.8, 4) is 28.8 Å². The lowest BCUT2D eigenvalue weighted by molar-refractivity contribution is 0.255. The van der Waals surface area contributed by atoms with E-state index in [0.29, 0.717) is 46.7 Å². The summed E-state index contributed by atoms with van der Waals surface area (Å²) in [6.07, 6.45) is 5.99. The number of aromatic hydroxyl groups is 1. The number of alkyl halides is 1. The predicted molar refractivity (Wildman–Crippen MR) is 158 cm³/mol. The molecule has 0 radical (unpaired) electrons. The van der Waals surface area contributed by atoms with E-state index in [-0.39, 0.29) is 34.7 Å². The van der Waals surface area contributed by atoms with Crippen molar-refractivity contribution in [1.82, 2.24) is 25.2 Å². The molecule has 1 aromatic carbocycles. The van der Waals surface area contributed by atoms with Gasteiger partial charge in [0, 0.05) is 54.9 Å². The summed E-state index contributed by atoms with van der Waals surface area (Å²) in [5, 5.41) is 14.9. The van der Waals surface area contributed by atoms with Gasteiger partial charge in [0.15, 0.2) is 5.82 Å². The van der Waals surface area contributed by atoms with Crippen LogP contribution in [0.25, 0.3) is 22.2 Å². The van der Waals surface area contributed by atoms with Crippen molar-refractivity contribution in [1.29, 1.82) is 0 Å². The Bertz CT molecular complexity index is 1670. The number of piperazine rings is 1. The molecular formula is C32H33ClF2N6O. The van der Waals surface area contributed by atoms with Crippen LogP contribution in [0, 0.1) is 23.6 Å². The van der Waals surface area contributed by atoms with Gasteiger partial charge < -0.3 is 15.3 Å². The number of hydrogen-bond donors (Lipinski definition) is 2. The van der Waals surface area contributed by atoms with Crippen LogP contribution in [0.2, 0.25) is 5.02 Å². The first-order chi connectivity index (χ1) is 20.3. The highest BCUT2D eigenvalue weighted by Gasteiger charge is 2.48. The molecule has 6 atom stereocenters. The Morgan fingerprint density at radius 3 is 2.81 bits per heavy atom. The molecule has 218 valence electrons. The highest BCUT2D eigenvalue weighted by molar-refractivity contribution is 6.32. The van der Waals surface area contributed by atoms with Crippen molar-refractivity contribution in [2.24, 2.45) is 5.92 Å². The first-order valence-electron chi connectivity index (χ1n) is 15.1. The maximum atomic E-state index is 16.7. The van der Waals surface area contributed by atoms with E-state index in [9.17, 15) is 9.50 Å². The van der Waals surface area contributed by atoms with Gasteiger partial charge in [0.1, 0.15) is 28.9 Å². The van der Waals surface area contributed by atoms with Gasteiger partial charge in [0.25, 0.3) is 0 Å². The number of rotatable bonds is 3. The SMILES string of the molecule is C[C@@H]1C[C@H]1c1c(Cl)cc(O)cc1-c1ncc2c(N3C[C@H]4CC[C@@H]3CN4)nc(C#C[C@@]34CCCN3C[C@H](F)C4)nc2c1F. The molecule has 0 amide bonds. The highest BCUT2D eigenvalue weighted by atomic mass is 35.5. The molecule has 7 nitrogen and oxygen atoms in total. The number of pyridine rings is 1. The third-order valence-corrected chi connectivity index (χ3v) is 10.5. The van der Waals surface area contributed by atoms with Crippen LogP contribution in [0.1, 0.15) is 62.8 Å². The monoisotopic (exact) mass is 590 g/mol. The van der Waals surface area contributed by atoms with Crippen LogP contribution in [0.5, 0.6) is 5.75 Å². The standard InChI is InChI=1S/C32H33ClF2N6O/c1-17-9-22(17)27-23(10-21(42)11-25(27)33)29-28(35)30-24(14-37-29)31(41-16-19-3-4-20(41)13-36-19)39-26(38-30)5-7-32-6-2-8-40(32)15-18(34)12-32/h10-11,14,17-20,22,36,42H,2-4,6,8-9,12-13,15-16H2,1H3/t17-,18-,19-,20-,22-,32-/m1/s1. The molecule has 0 unspecified atom stereocenters. The molecule has 5 aliphatic heterocycles. The predicted octanol–water partition coefficient (Wildman–Crippen LogP) is 5.18. The van der Waals surface area contributed by atoms with Gasteiger partial charge in [-0.05, 0) is 74.1 Å². The molecule has 2 bridgehead atoms. The lowest BCUT2D eigenvalue weighted by atomic mass is 9.92. The zero-order chi connectivity index (χ0) is 28.7. The fourth-order valence-corrected chi connectivity index (χ4v) is 8.19. The van der Waals surface area contributed by atoms with Crippen molar-refractivity contribution < 1.29 is 13.9 Å². The first kappa shape index (κ1) is 26.6. The Kier molecular flexibility index (Phi) is 6.15. The van der Waals surface area contributed by atoms with Gasteiger partial charge in [-0.25, -0.2) is 18.7 Å². The number of nitrogens with one attached hydrogen (secondary N) is 1. The Morgan fingerprint density at radius 2 is 2.07 bits per heavy atom. The van der Waals surface area contributed by atoms with Crippen molar-refractivity contribution >= 4 is 28.3 Å². The summed E-state index contributed by atoms with van der Waals surface area (Å²) >= 11 is 6.60. The molecule has 2 aromatic heterocycles. The van der Waals surface area contributed by atoms with E-state index < -0.39 is 17.5 Å². The Labute approximate surface area is 248 Å². The molecule has 42 heavy (non-hydrogen) atoms. The van der Waals surface area contributed by atoms with Gasteiger partial charge >= 0.3 is 0 Å². The number of nitrogens with zero attached hydrogens (tertiary/aromatic N) is 5. The molecule has 9 rings (SSSR count). The smallest absolute Gasteiger partial charge is 0.207 e. The summed E-state index contributed by atoms with van der Waals surface area (Å²) in [7, 11) is 0. The van der Waals surface area contributed by atoms with Crippen LogP contribution >= 0.6 is 11.6 Å². The average Bonchev–Trinajstić information content (AvgIpc) is 3.42. The number of phenols is 1. The first-order valence-corrected chi connectivity index (χ1v) is 15.5. The number of hydrogen-bond acceptors (Lipinski definition) is 7. The lowest BCUT2D eigenvalue weighted by Gasteiger charge is -2.46. The number of fused-ring (bicyclic) bond motifs is 5. The molecule has 2 N–H and O–H groups in total. The van der Waals surface area contributed by atoms with Crippen molar-refractivity contribution in [3.05, 3.63) is 40.6 Å². The summed E-state index contributed by atoms with van der Waals surface area (Å²) < 4.78 is 31.1. The number of phenolic OH excluding ortho intramolecular Hbond substituents is 1. The maximum absolute atomic E-state index is 16.7. The van der Waals surface area contributed by atoms with Gasteiger partial charge in [-0.1, -0.05) is 24.4 Å². The minimum Gasteiger partial charge on any atom is -0.508 e. The molecular weight excluding hydrogens is 558 g/mol. The second kappa shape index (κ2) is 9.73. The van der Waals surface area contributed by atoms with Crippen LogP contribution in [-0.4, -0.2) is 74.9 Å². The fourth-order valence-electron chi connectivity index (χ4n) is 7.84. The third kappa shape index (κ3) is 4.25. The molecule has 6 fully saturated rings. The second-order valence-corrected chi connectivity index (χ2v) is 13.3. The number of anilines is 1. The van der Waals surface area contributed by atoms with E-state index in [2.05, 4.69) is 43.8 Å². The van der Waals surface area contributed by atoms with E-state index in [1.54, 1.807) is 12.3 Å². The highest BCUT2D eigenvalue weighted by Crippen LogP contribution is 2.53. The molecule has 10 heteroatoms. The zero-order valence-corrected chi connectivity index (χ0v) is 24.3. The van der Waals surface area contributed by atoms with Crippen LogP contribution < -0.4 is 10.2 Å². The topological polar surface area (TPSA) is 77.4 Å². The largest absolute Gasteiger partial charge is 0.508 e. The van der Waals surface area contributed by atoms with Crippen LogP contribution in [0.3, 0.4) is 0 Å². The Morgan fingerprint density at radius 1 is 1.21 bits per heavy atom. The molecule has 6 aliphatic rings. The van der Waals surface area contributed by atoms with Crippen molar-refractivity contribution in [3.63, 3.8) is 0 Å². The molecule has 1 aliphatic carbocycles. The molecule has 0 spiro atoms. The minimum atomic E-state index is -0.896. The number of halogens is 3. The Balaban J connectivity index is 1.30. The van der Waals surface area contributed by atoms with Gasteiger partial charge in [0.2, 0.25) is 5.82 Å². The average molecular weight is 591 g/mol. The quantitative estimate of drug-likeness (QED) is 0.407. The van der Waals surface area contributed by atoms with Crippen LogP contribution in [0.15, 0.2) is 18.3 Å². The van der Waals surface area contributed by atoms with E-state index >= 15 is 4.39 Å². The molecule has 1 saturated carbocycles. The van der Waals surface area contributed by atoms with Crippen LogP contribution in [-0.2, 0) is 0 Å². The number of aromatic nitrogens is 3. The van der Waals surface area contributed by atoms with E-state index in [0.717, 1.165) is 57.3 Å². The summed E-state index contributed by atoms with van der Waals surface area (Å²) in [5.41, 5.74) is 1.04. The molecule has 3 aromatic rings. The van der Waals surface area contributed by atoms with E-state index in [4.69, 9.17) is 16.6 Å². The third-order valence-electron chi connectivity index (χ3n) is 10.1.